The number of hydrogen-bond donors (Lipinski definition) is 3. The number of aromatic nitrogens is 2. The van der Waals surface area contributed by atoms with E-state index in [1.165, 1.54) is 17.8 Å². The third-order valence-electron chi connectivity index (χ3n) is 3.43. The highest BCUT2D eigenvalue weighted by atomic mass is 32.2. The summed E-state index contributed by atoms with van der Waals surface area (Å²) < 4.78 is 32.3. The van der Waals surface area contributed by atoms with Crippen molar-refractivity contribution in [3.05, 3.63) is 24.0 Å². The van der Waals surface area contributed by atoms with Gasteiger partial charge in [-0.25, -0.2) is 9.97 Å². The molecule has 30 heavy (non-hydrogen) atoms. The third kappa shape index (κ3) is 12.3. The highest BCUT2D eigenvalue weighted by Crippen LogP contribution is 2.31. The van der Waals surface area contributed by atoms with Gasteiger partial charge in [0.05, 0.1) is 28.6 Å². The summed E-state index contributed by atoms with van der Waals surface area (Å²) in [4.78, 5) is 20.6. The Hall–Kier alpha value is -1.47. The van der Waals surface area contributed by atoms with Gasteiger partial charge in [0.1, 0.15) is 5.76 Å². The number of thiazole rings is 1. The van der Waals surface area contributed by atoms with Gasteiger partial charge in [0.2, 0.25) is 11.8 Å². The molecule has 1 aliphatic heterocycles. The Morgan fingerprint density at radius 2 is 1.93 bits per heavy atom. The van der Waals surface area contributed by atoms with Crippen LogP contribution >= 0.6 is 23.1 Å². The van der Waals surface area contributed by atoms with Crippen LogP contribution in [0.4, 0.5) is 5.13 Å². The molecule has 0 atom stereocenters. The van der Waals surface area contributed by atoms with E-state index in [0.29, 0.717) is 23.0 Å². The molecule has 3 heterocycles. The van der Waals surface area contributed by atoms with Crippen molar-refractivity contribution in [2.24, 2.45) is 5.92 Å². The largest absolute Gasteiger partial charge is 0.445 e. The van der Waals surface area contributed by atoms with Gasteiger partial charge in [0, 0.05) is 5.92 Å². The van der Waals surface area contributed by atoms with E-state index in [1.54, 1.807) is 24.2 Å². The first-order chi connectivity index (χ1) is 14.1. The van der Waals surface area contributed by atoms with Gasteiger partial charge in [-0.3, -0.25) is 9.35 Å². The van der Waals surface area contributed by atoms with Crippen LogP contribution in [0, 0.1) is 12.8 Å². The molecular formula is C18H30N4O5S3. The number of rotatable bonds is 5. The van der Waals surface area contributed by atoms with Gasteiger partial charge in [-0.05, 0) is 32.9 Å². The average molecular weight is 479 g/mol. The second-order valence-electron chi connectivity index (χ2n) is 6.59. The first-order valence-corrected chi connectivity index (χ1v) is 13.2. The summed E-state index contributed by atoms with van der Waals surface area (Å²) in [5.41, 5.74) is 0. The average Bonchev–Trinajstić information content (AvgIpc) is 3.28. The van der Waals surface area contributed by atoms with E-state index in [0.717, 1.165) is 35.9 Å². The van der Waals surface area contributed by atoms with E-state index in [4.69, 9.17) is 8.97 Å². The first-order valence-electron chi connectivity index (χ1n) is 9.56. The quantitative estimate of drug-likeness (QED) is 0.435. The van der Waals surface area contributed by atoms with Gasteiger partial charge >= 0.3 is 0 Å². The molecule has 2 aromatic rings. The number of carbonyl (C=O) groups excluding carboxylic acids is 1. The lowest BCUT2D eigenvalue weighted by Crippen LogP contribution is -2.34. The number of carbonyl (C=O) groups is 1. The van der Waals surface area contributed by atoms with E-state index in [-0.39, 0.29) is 11.8 Å². The predicted octanol–water partition coefficient (Wildman–Crippen LogP) is 3.59. The number of nitrogens with zero attached hydrogens (tertiary/aromatic N) is 2. The van der Waals surface area contributed by atoms with Gasteiger partial charge in [0.25, 0.3) is 10.1 Å². The summed E-state index contributed by atoms with van der Waals surface area (Å²) in [7, 11) is -3.67. The van der Waals surface area contributed by atoms with Gasteiger partial charge in [-0.15, -0.1) is 11.8 Å². The van der Waals surface area contributed by atoms with Crippen LogP contribution in [0.2, 0.25) is 0 Å². The molecule has 0 saturated carbocycles. The molecule has 0 aromatic carbocycles. The van der Waals surface area contributed by atoms with Crippen molar-refractivity contribution in [3.63, 3.8) is 0 Å². The van der Waals surface area contributed by atoms with E-state index in [2.05, 4.69) is 34.4 Å². The molecule has 0 bridgehead atoms. The molecule has 1 aliphatic rings. The zero-order valence-corrected chi connectivity index (χ0v) is 20.1. The Kier molecular flexibility index (Phi) is 12.2. The van der Waals surface area contributed by atoms with Crippen molar-refractivity contribution in [1.29, 1.82) is 0 Å². The zero-order valence-electron chi connectivity index (χ0n) is 17.7. The minimum atomic E-state index is -3.67. The number of aryl methyl sites for hydroxylation is 1. The molecule has 2 aromatic heterocycles. The number of hydrogen-bond acceptors (Lipinski definition) is 9. The van der Waals surface area contributed by atoms with Crippen LogP contribution in [-0.2, 0) is 20.7 Å². The molecule has 1 fully saturated rings. The maximum atomic E-state index is 12.2. The molecule has 9 nitrogen and oxygen atoms in total. The van der Waals surface area contributed by atoms with Crippen molar-refractivity contribution in [1.82, 2.24) is 15.3 Å². The Balaban J connectivity index is 0.000000485. The van der Waals surface area contributed by atoms with Gasteiger partial charge in [-0.1, -0.05) is 31.6 Å². The zero-order chi connectivity index (χ0) is 22.6. The topological polar surface area (TPSA) is 134 Å². The van der Waals surface area contributed by atoms with E-state index in [9.17, 15) is 13.2 Å². The van der Waals surface area contributed by atoms with E-state index >= 15 is 0 Å². The molecule has 1 saturated heterocycles. The molecule has 0 unspecified atom stereocenters. The molecular weight excluding hydrogens is 448 g/mol. The van der Waals surface area contributed by atoms with Crippen molar-refractivity contribution >= 4 is 44.3 Å². The van der Waals surface area contributed by atoms with Gasteiger partial charge in [0.15, 0.2) is 5.13 Å². The van der Waals surface area contributed by atoms with E-state index in [1.807, 2.05) is 6.92 Å². The third-order valence-corrected chi connectivity index (χ3v) is 5.52. The van der Waals surface area contributed by atoms with Crippen LogP contribution in [-0.4, -0.2) is 48.2 Å². The first kappa shape index (κ1) is 26.6. The standard InChI is InChI=1S/C14H18N4O2S2.C3H8.CH4O3S/c1-9-6-16-11(20-9)8-21-12-7-17-14(22-12)18-13(19)10-2-4-15-5-3-10;1-3-2;1-5(2,3)4/h6-7,10,15H,2-5,8H2,1H3,(H,17,18,19);3H2,1-2H3;1H3,(H,2,3,4). The Bertz CT molecular complexity index is 853. The normalized spacial score (nSPS) is 14.2. The fourth-order valence-electron chi connectivity index (χ4n) is 2.28. The highest BCUT2D eigenvalue weighted by molar-refractivity contribution is 8.00. The number of anilines is 1. The van der Waals surface area contributed by atoms with Crippen LogP contribution in [0.3, 0.4) is 0 Å². The van der Waals surface area contributed by atoms with Crippen LogP contribution in [0.5, 0.6) is 0 Å². The lowest BCUT2D eigenvalue weighted by Gasteiger charge is -2.20. The SMILES string of the molecule is CCC.CS(=O)(=O)O.Cc1cnc(CSc2cnc(NC(=O)C3CCNCC3)s2)o1. The van der Waals surface area contributed by atoms with Gasteiger partial charge < -0.3 is 15.1 Å². The van der Waals surface area contributed by atoms with Crippen LogP contribution in [0.15, 0.2) is 21.0 Å². The van der Waals surface area contributed by atoms with Crippen molar-refractivity contribution in [2.45, 2.75) is 50.0 Å². The fourth-order valence-corrected chi connectivity index (χ4v) is 4.01. The molecule has 170 valence electrons. The monoisotopic (exact) mass is 478 g/mol. The van der Waals surface area contributed by atoms with Crippen LogP contribution in [0.25, 0.3) is 0 Å². The minimum absolute atomic E-state index is 0.0794. The number of nitrogens with one attached hydrogen (secondary N) is 2. The molecule has 0 aliphatic carbocycles. The Morgan fingerprint density at radius 3 is 2.47 bits per heavy atom. The molecule has 12 heteroatoms. The second-order valence-corrected chi connectivity index (χ2v) is 10.4. The maximum absolute atomic E-state index is 12.2. The summed E-state index contributed by atoms with van der Waals surface area (Å²) in [5, 5.41) is 6.84. The number of oxazole rings is 1. The highest BCUT2D eigenvalue weighted by Gasteiger charge is 2.21. The molecule has 3 N–H and O–H groups in total. The number of amides is 1. The smallest absolute Gasteiger partial charge is 0.261 e. The summed E-state index contributed by atoms with van der Waals surface area (Å²) in [6.45, 7) is 7.95. The van der Waals surface area contributed by atoms with Crippen LogP contribution in [0.1, 0.15) is 44.8 Å². The maximum Gasteiger partial charge on any atom is 0.261 e. The lowest BCUT2D eigenvalue weighted by atomic mass is 9.97. The molecule has 0 radical (unpaired) electrons. The van der Waals surface area contributed by atoms with Gasteiger partial charge in [-0.2, -0.15) is 8.42 Å². The predicted molar refractivity (Wildman–Crippen MR) is 121 cm³/mol. The van der Waals surface area contributed by atoms with Crippen molar-refractivity contribution in [3.8, 4) is 0 Å². The Morgan fingerprint density at radius 1 is 1.33 bits per heavy atom. The minimum Gasteiger partial charge on any atom is -0.445 e. The van der Waals surface area contributed by atoms with Crippen LogP contribution < -0.4 is 10.6 Å². The number of thioether (sulfide) groups is 1. The summed E-state index contributed by atoms with van der Waals surface area (Å²) >= 11 is 3.09. The molecule has 1 amide bonds. The van der Waals surface area contributed by atoms with E-state index < -0.39 is 10.1 Å². The molecule has 3 rings (SSSR count). The number of piperidine rings is 1. The summed E-state index contributed by atoms with van der Waals surface area (Å²) in [6, 6.07) is 0. The summed E-state index contributed by atoms with van der Waals surface area (Å²) in [6.07, 6.45) is 7.24. The Labute approximate surface area is 186 Å². The van der Waals surface area contributed by atoms with Crippen molar-refractivity contribution < 1.29 is 22.2 Å². The molecule has 0 spiro atoms. The lowest BCUT2D eigenvalue weighted by molar-refractivity contribution is -0.120. The second kappa shape index (κ2) is 13.8. The summed E-state index contributed by atoms with van der Waals surface area (Å²) in [5.74, 6) is 2.36. The van der Waals surface area contributed by atoms with Crippen molar-refractivity contribution in [2.75, 3.05) is 24.7 Å². The fraction of sp³-hybridized carbons (Fsp3) is 0.611.